The Bertz CT molecular complexity index is 3170. The first-order chi connectivity index (χ1) is 27.7. The van der Waals surface area contributed by atoms with Gasteiger partial charge in [0, 0.05) is 62.6 Å². The first-order valence-corrected chi connectivity index (χ1v) is 20.3. The molecule has 0 aliphatic rings. The molecule has 0 aliphatic carbocycles. The van der Waals surface area contributed by atoms with E-state index >= 15 is 0 Å². The molecule has 11 aromatic rings. The molecular formula is C51H31N3S2. The molecule has 0 atom stereocenters. The highest BCUT2D eigenvalue weighted by atomic mass is 32.1. The van der Waals surface area contributed by atoms with Crippen LogP contribution in [0.5, 0.6) is 0 Å². The maximum absolute atomic E-state index is 5.00. The normalized spacial score (nSPS) is 11.6. The van der Waals surface area contributed by atoms with Crippen LogP contribution in [0.3, 0.4) is 0 Å². The van der Waals surface area contributed by atoms with Gasteiger partial charge in [0.15, 0.2) is 17.5 Å². The fraction of sp³-hybridized carbons (Fsp3) is 0. The molecule has 3 heterocycles. The van der Waals surface area contributed by atoms with Crippen molar-refractivity contribution >= 4 is 63.0 Å². The Hall–Kier alpha value is -6.79. The van der Waals surface area contributed by atoms with Crippen LogP contribution in [0.25, 0.3) is 108 Å². The van der Waals surface area contributed by atoms with Crippen molar-refractivity contribution in [2.75, 3.05) is 0 Å². The van der Waals surface area contributed by atoms with Gasteiger partial charge in [-0.25, -0.2) is 15.0 Å². The van der Waals surface area contributed by atoms with Crippen LogP contribution in [-0.4, -0.2) is 15.0 Å². The second-order valence-corrected chi connectivity index (χ2v) is 16.1. The molecule has 0 N–H and O–H groups in total. The minimum absolute atomic E-state index is 0.664. The van der Waals surface area contributed by atoms with E-state index in [0.29, 0.717) is 17.5 Å². The van der Waals surface area contributed by atoms with Gasteiger partial charge in [-0.1, -0.05) is 152 Å². The third kappa shape index (κ3) is 5.77. The van der Waals surface area contributed by atoms with Gasteiger partial charge in [0.2, 0.25) is 0 Å². The van der Waals surface area contributed by atoms with Gasteiger partial charge in [-0.2, -0.15) is 0 Å². The van der Waals surface area contributed by atoms with Crippen molar-refractivity contribution in [3.8, 4) is 67.5 Å². The summed E-state index contributed by atoms with van der Waals surface area (Å²) in [6.07, 6.45) is 0. The van der Waals surface area contributed by atoms with E-state index in [2.05, 4.69) is 127 Å². The zero-order valence-electron chi connectivity index (χ0n) is 30.1. The van der Waals surface area contributed by atoms with Crippen LogP contribution in [-0.2, 0) is 0 Å². The molecule has 56 heavy (non-hydrogen) atoms. The van der Waals surface area contributed by atoms with Crippen molar-refractivity contribution in [3.63, 3.8) is 0 Å². The number of nitrogens with zero attached hydrogens (tertiary/aromatic N) is 3. The second kappa shape index (κ2) is 13.5. The summed E-state index contributed by atoms with van der Waals surface area (Å²) in [6.45, 7) is 0. The van der Waals surface area contributed by atoms with E-state index in [1.165, 1.54) is 73.7 Å². The number of hydrogen-bond acceptors (Lipinski definition) is 5. The lowest BCUT2D eigenvalue weighted by Crippen LogP contribution is -1.99. The Labute approximate surface area is 331 Å². The first-order valence-electron chi connectivity index (χ1n) is 18.7. The van der Waals surface area contributed by atoms with E-state index in [1.54, 1.807) is 0 Å². The summed E-state index contributed by atoms with van der Waals surface area (Å²) in [5.41, 5.74) is 10.3. The van der Waals surface area contributed by atoms with Gasteiger partial charge in [-0.05, 0) is 64.2 Å². The van der Waals surface area contributed by atoms with Crippen molar-refractivity contribution in [3.05, 3.63) is 188 Å². The minimum Gasteiger partial charge on any atom is -0.208 e. The number of aromatic nitrogens is 3. The lowest BCUT2D eigenvalue weighted by Gasteiger charge is -2.10. The molecule has 8 aromatic carbocycles. The van der Waals surface area contributed by atoms with Crippen LogP contribution in [0.4, 0.5) is 0 Å². The molecule has 0 saturated carbocycles. The van der Waals surface area contributed by atoms with Crippen LogP contribution in [0.1, 0.15) is 0 Å². The number of hydrogen-bond donors (Lipinski definition) is 0. The lowest BCUT2D eigenvalue weighted by molar-refractivity contribution is 1.07. The molecule has 0 saturated heterocycles. The standard InChI is InChI=1S/C51H31N3S2/c1-4-12-32(13-5-1)33-20-22-34(23-21-33)39-29-42(48-44(30-39)40-18-10-11-19-45(40)56-48)37-25-27-46-43(28-37)41-26-24-38(31-47(41)55-46)51-53-49(35-14-6-2-7-15-35)52-50(54-51)36-16-8-3-9-17-36/h1-31H. The topological polar surface area (TPSA) is 38.7 Å². The van der Waals surface area contributed by atoms with Crippen LogP contribution in [0.15, 0.2) is 188 Å². The zero-order valence-corrected chi connectivity index (χ0v) is 31.7. The van der Waals surface area contributed by atoms with Crippen molar-refractivity contribution in [2.24, 2.45) is 0 Å². The number of thiophene rings is 2. The average molecular weight is 750 g/mol. The summed E-state index contributed by atoms with van der Waals surface area (Å²) in [7, 11) is 0. The third-order valence-corrected chi connectivity index (χ3v) is 12.9. The maximum Gasteiger partial charge on any atom is 0.164 e. The molecule has 3 nitrogen and oxygen atoms in total. The average Bonchev–Trinajstić information content (AvgIpc) is 3.84. The highest BCUT2D eigenvalue weighted by Gasteiger charge is 2.17. The summed E-state index contributed by atoms with van der Waals surface area (Å²) < 4.78 is 5.08. The Morgan fingerprint density at radius 2 is 0.750 bits per heavy atom. The fourth-order valence-electron chi connectivity index (χ4n) is 7.72. The molecule has 262 valence electrons. The second-order valence-electron chi connectivity index (χ2n) is 14.0. The van der Waals surface area contributed by atoms with Crippen molar-refractivity contribution < 1.29 is 0 Å². The van der Waals surface area contributed by atoms with Gasteiger partial charge >= 0.3 is 0 Å². The Kier molecular flexibility index (Phi) is 7.87. The largest absolute Gasteiger partial charge is 0.208 e. The molecule has 3 aromatic heterocycles. The Morgan fingerprint density at radius 3 is 1.43 bits per heavy atom. The van der Waals surface area contributed by atoms with Crippen LogP contribution < -0.4 is 0 Å². The molecule has 5 heteroatoms. The van der Waals surface area contributed by atoms with Crippen LogP contribution in [0.2, 0.25) is 0 Å². The number of fused-ring (bicyclic) bond motifs is 6. The van der Waals surface area contributed by atoms with Crippen molar-refractivity contribution in [1.29, 1.82) is 0 Å². The van der Waals surface area contributed by atoms with Crippen LogP contribution >= 0.6 is 22.7 Å². The highest BCUT2D eigenvalue weighted by Crippen LogP contribution is 2.45. The molecule has 0 fully saturated rings. The summed E-state index contributed by atoms with van der Waals surface area (Å²) in [6, 6.07) is 67.0. The van der Waals surface area contributed by atoms with E-state index in [0.717, 1.165) is 16.7 Å². The highest BCUT2D eigenvalue weighted by molar-refractivity contribution is 7.26. The van der Waals surface area contributed by atoms with Gasteiger partial charge in [-0.15, -0.1) is 22.7 Å². The van der Waals surface area contributed by atoms with E-state index in [-0.39, 0.29) is 0 Å². The molecule has 0 aliphatic heterocycles. The van der Waals surface area contributed by atoms with Crippen molar-refractivity contribution in [2.45, 2.75) is 0 Å². The molecule has 0 unspecified atom stereocenters. The van der Waals surface area contributed by atoms with E-state index in [1.807, 2.05) is 83.3 Å². The summed E-state index contributed by atoms with van der Waals surface area (Å²) in [5.74, 6) is 1.99. The summed E-state index contributed by atoms with van der Waals surface area (Å²) in [4.78, 5) is 14.9. The Morgan fingerprint density at radius 1 is 0.268 bits per heavy atom. The smallest absolute Gasteiger partial charge is 0.164 e. The van der Waals surface area contributed by atoms with Gasteiger partial charge in [0.25, 0.3) is 0 Å². The van der Waals surface area contributed by atoms with Gasteiger partial charge in [0.1, 0.15) is 0 Å². The van der Waals surface area contributed by atoms with E-state index < -0.39 is 0 Å². The number of benzene rings is 8. The van der Waals surface area contributed by atoms with Gasteiger partial charge in [-0.3, -0.25) is 0 Å². The fourth-order valence-corrected chi connectivity index (χ4v) is 10.1. The van der Waals surface area contributed by atoms with E-state index in [4.69, 9.17) is 15.0 Å². The van der Waals surface area contributed by atoms with Gasteiger partial charge in [0.05, 0.1) is 0 Å². The zero-order chi connectivity index (χ0) is 37.0. The molecule has 0 radical (unpaired) electrons. The third-order valence-electron chi connectivity index (χ3n) is 10.5. The quantitative estimate of drug-likeness (QED) is 0.170. The minimum atomic E-state index is 0.664. The molecule has 0 amide bonds. The lowest BCUT2D eigenvalue weighted by atomic mass is 9.94. The first kappa shape index (κ1) is 32.6. The van der Waals surface area contributed by atoms with E-state index in [9.17, 15) is 0 Å². The predicted octanol–water partition coefficient (Wildman–Crippen LogP) is 14.6. The molecule has 0 spiro atoms. The monoisotopic (exact) mass is 749 g/mol. The van der Waals surface area contributed by atoms with Crippen molar-refractivity contribution in [1.82, 2.24) is 15.0 Å². The van der Waals surface area contributed by atoms with Crippen LogP contribution in [0, 0.1) is 0 Å². The maximum atomic E-state index is 5.00. The molecule has 11 rings (SSSR count). The SMILES string of the molecule is c1ccc(-c2ccc(-c3cc(-c4ccc5sc6cc(-c7nc(-c8ccccc8)nc(-c8ccccc8)n7)ccc6c5c4)c4sc5ccccc5c4c3)cc2)cc1. The summed E-state index contributed by atoms with van der Waals surface area (Å²) >= 11 is 3.69. The molecular weight excluding hydrogens is 719 g/mol. The van der Waals surface area contributed by atoms with Gasteiger partial charge < -0.3 is 0 Å². The number of rotatable bonds is 6. The predicted molar refractivity (Wildman–Crippen MR) is 238 cm³/mol. The molecule has 0 bridgehead atoms. The Balaban J connectivity index is 1.03. The summed E-state index contributed by atoms with van der Waals surface area (Å²) in [5, 5.41) is 5.09.